The number of nitrogens with zero attached hydrogens (tertiary/aromatic N) is 1. The summed E-state index contributed by atoms with van der Waals surface area (Å²) in [5.41, 5.74) is 1.11. The molecule has 0 aliphatic heterocycles. The standard InChI is InChI=1S/C16H16N2O4S/c19-16(20)12-6-7-17-15(9-12)23(21,22)18-10-13-8-14(13)11-4-2-1-3-5-11/h1-7,9,13-14,18H,8,10H2,(H,19,20)/t13-,14-/m0/s1. The second kappa shape index (κ2) is 6.10. The summed E-state index contributed by atoms with van der Waals surface area (Å²) in [7, 11) is -3.80. The van der Waals surface area contributed by atoms with Crippen molar-refractivity contribution in [1.82, 2.24) is 9.71 Å². The molecule has 1 aromatic heterocycles. The average molecular weight is 332 g/mol. The molecule has 1 aliphatic carbocycles. The quantitative estimate of drug-likeness (QED) is 0.842. The Morgan fingerprint density at radius 3 is 2.70 bits per heavy atom. The van der Waals surface area contributed by atoms with Crippen LogP contribution in [-0.2, 0) is 10.0 Å². The predicted molar refractivity (Wildman–Crippen MR) is 83.7 cm³/mol. The highest BCUT2D eigenvalue weighted by Crippen LogP contribution is 2.46. The van der Waals surface area contributed by atoms with Gasteiger partial charge in [-0.05, 0) is 36.0 Å². The molecular formula is C16H16N2O4S. The highest BCUT2D eigenvalue weighted by atomic mass is 32.2. The Balaban J connectivity index is 1.64. The Morgan fingerprint density at radius 1 is 1.26 bits per heavy atom. The number of rotatable bonds is 6. The number of pyridine rings is 1. The summed E-state index contributed by atoms with van der Waals surface area (Å²) in [6.07, 6.45) is 2.12. The molecule has 23 heavy (non-hydrogen) atoms. The van der Waals surface area contributed by atoms with Gasteiger partial charge in [-0.3, -0.25) is 0 Å². The third-order valence-electron chi connectivity index (χ3n) is 3.94. The number of nitrogens with one attached hydrogen (secondary N) is 1. The third kappa shape index (κ3) is 3.57. The highest BCUT2D eigenvalue weighted by molar-refractivity contribution is 7.89. The van der Waals surface area contributed by atoms with Crippen molar-refractivity contribution in [2.24, 2.45) is 5.92 Å². The van der Waals surface area contributed by atoms with Crippen molar-refractivity contribution >= 4 is 16.0 Å². The van der Waals surface area contributed by atoms with E-state index in [1.54, 1.807) is 0 Å². The van der Waals surface area contributed by atoms with Gasteiger partial charge < -0.3 is 5.11 Å². The number of hydrogen-bond acceptors (Lipinski definition) is 4. The van der Waals surface area contributed by atoms with Crippen LogP contribution in [0.5, 0.6) is 0 Å². The number of aromatic nitrogens is 1. The molecule has 0 radical (unpaired) electrons. The van der Waals surface area contributed by atoms with E-state index in [0.29, 0.717) is 12.5 Å². The molecule has 0 spiro atoms. The fourth-order valence-electron chi connectivity index (χ4n) is 2.56. The maximum absolute atomic E-state index is 12.2. The van der Waals surface area contributed by atoms with Crippen LogP contribution in [0.1, 0.15) is 28.3 Å². The van der Waals surface area contributed by atoms with Crippen LogP contribution < -0.4 is 4.72 Å². The molecule has 1 aliphatic rings. The summed E-state index contributed by atoms with van der Waals surface area (Å²) in [6, 6.07) is 12.3. The monoisotopic (exact) mass is 332 g/mol. The van der Waals surface area contributed by atoms with Crippen molar-refractivity contribution in [3.05, 3.63) is 59.8 Å². The molecule has 0 amide bonds. The molecule has 2 aromatic rings. The first-order valence-electron chi connectivity index (χ1n) is 7.21. The second-order valence-electron chi connectivity index (χ2n) is 5.55. The lowest BCUT2D eigenvalue weighted by atomic mass is 10.1. The van der Waals surface area contributed by atoms with E-state index < -0.39 is 16.0 Å². The lowest BCUT2D eigenvalue weighted by molar-refractivity contribution is 0.0696. The second-order valence-corrected chi connectivity index (χ2v) is 7.27. The fraction of sp³-hybridized carbons (Fsp3) is 0.250. The minimum atomic E-state index is -3.80. The molecule has 7 heteroatoms. The third-order valence-corrected chi connectivity index (χ3v) is 5.26. The van der Waals surface area contributed by atoms with Gasteiger partial charge in [-0.25, -0.2) is 22.9 Å². The summed E-state index contributed by atoms with van der Waals surface area (Å²) < 4.78 is 27.0. The van der Waals surface area contributed by atoms with Gasteiger partial charge in [-0.2, -0.15) is 0 Å². The molecule has 0 unspecified atom stereocenters. The van der Waals surface area contributed by atoms with E-state index in [0.717, 1.165) is 12.5 Å². The van der Waals surface area contributed by atoms with Crippen LogP contribution in [0.3, 0.4) is 0 Å². The van der Waals surface area contributed by atoms with Gasteiger partial charge in [-0.15, -0.1) is 0 Å². The predicted octanol–water partition coefficient (Wildman–Crippen LogP) is 1.86. The number of carbonyl (C=O) groups is 1. The maximum Gasteiger partial charge on any atom is 0.335 e. The molecule has 2 atom stereocenters. The smallest absolute Gasteiger partial charge is 0.335 e. The zero-order valence-corrected chi connectivity index (χ0v) is 13.0. The van der Waals surface area contributed by atoms with Crippen LogP contribution in [0, 0.1) is 5.92 Å². The number of carboxylic acids is 1. The fourth-order valence-corrected chi connectivity index (χ4v) is 3.62. The van der Waals surface area contributed by atoms with E-state index in [9.17, 15) is 13.2 Å². The Kier molecular flexibility index (Phi) is 4.14. The molecule has 0 bridgehead atoms. The number of carboxylic acid groups (broad SMARTS) is 1. The minimum Gasteiger partial charge on any atom is -0.478 e. The molecular weight excluding hydrogens is 316 g/mol. The van der Waals surface area contributed by atoms with Gasteiger partial charge in [0.25, 0.3) is 10.0 Å². The van der Waals surface area contributed by atoms with E-state index in [1.165, 1.54) is 17.8 Å². The van der Waals surface area contributed by atoms with Crippen LogP contribution in [0.4, 0.5) is 0 Å². The summed E-state index contributed by atoms with van der Waals surface area (Å²) >= 11 is 0. The van der Waals surface area contributed by atoms with Gasteiger partial charge in [0.1, 0.15) is 0 Å². The van der Waals surface area contributed by atoms with Crippen LogP contribution in [-0.4, -0.2) is 31.0 Å². The molecule has 1 heterocycles. The molecule has 0 saturated heterocycles. The zero-order valence-electron chi connectivity index (χ0n) is 12.2. The Bertz CT molecular complexity index is 821. The maximum atomic E-state index is 12.2. The van der Waals surface area contributed by atoms with Gasteiger partial charge in [-0.1, -0.05) is 30.3 Å². The van der Waals surface area contributed by atoms with E-state index in [-0.39, 0.29) is 16.5 Å². The normalized spacial score (nSPS) is 20.2. The molecule has 1 aromatic carbocycles. The topological polar surface area (TPSA) is 96.4 Å². The molecule has 6 nitrogen and oxygen atoms in total. The van der Waals surface area contributed by atoms with Gasteiger partial charge >= 0.3 is 5.97 Å². The summed E-state index contributed by atoms with van der Waals surface area (Å²) in [5, 5.41) is 8.65. The average Bonchev–Trinajstić information content (AvgIpc) is 3.34. The van der Waals surface area contributed by atoms with Crippen LogP contribution in [0.25, 0.3) is 0 Å². The van der Waals surface area contributed by atoms with Crippen LogP contribution in [0.2, 0.25) is 0 Å². The van der Waals surface area contributed by atoms with Gasteiger partial charge in [0.15, 0.2) is 5.03 Å². The number of sulfonamides is 1. The summed E-state index contributed by atoms with van der Waals surface area (Å²) in [5.74, 6) is -0.553. The first kappa shape index (κ1) is 15.6. The van der Waals surface area contributed by atoms with Crippen molar-refractivity contribution < 1.29 is 18.3 Å². The Hall–Kier alpha value is -2.25. The molecule has 1 fully saturated rings. The lowest BCUT2D eigenvalue weighted by Gasteiger charge is -2.06. The van der Waals surface area contributed by atoms with Gasteiger partial charge in [0.2, 0.25) is 0 Å². The van der Waals surface area contributed by atoms with Crippen molar-refractivity contribution in [3.63, 3.8) is 0 Å². The molecule has 2 N–H and O–H groups in total. The highest BCUT2D eigenvalue weighted by Gasteiger charge is 2.38. The minimum absolute atomic E-state index is 0.103. The largest absolute Gasteiger partial charge is 0.478 e. The first-order chi connectivity index (χ1) is 11.0. The number of hydrogen-bond donors (Lipinski definition) is 2. The number of aromatic carboxylic acids is 1. The van der Waals surface area contributed by atoms with Crippen LogP contribution >= 0.6 is 0 Å². The summed E-state index contributed by atoms with van der Waals surface area (Å²) in [6.45, 7) is 0.320. The molecule has 3 rings (SSSR count). The Labute approximate surface area is 134 Å². The molecule has 120 valence electrons. The van der Waals surface area contributed by atoms with E-state index >= 15 is 0 Å². The van der Waals surface area contributed by atoms with E-state index in [4.69, 9.17) is 5.11 Å². The Morgan fingerprint density at radius 2 is 2.00 bits per heavy atom. The first-order valence-corrected chi connectivity index (χ1v) is 8.69. The van der Waals surface area contributed by atoms with Crippen molar-refractivity contribution in [1.29, 1.82) is 0 Å². The van der Waals surface area contributed by atoms with Crippen molar-refractivity contribution in [2.75, 3.05) is 6.54 Å². The van der Waals surface area contributed by atoms with E-state index in [2.05, 4.69) is 9.71 Å². The SMILES string of the molecule is O=C(O)c1ccnc(S(=O)(=O)NC[C@@H]2C[C@H]2c2ccccc2)c1. The van der Waals surface area contributed by atoms with Crippen molar-refractivity contribution in [3.8, 4) is 0 Å². The number of benzene rings is 1. The van der Waals surface area contributed by atoms with E-state index in [1.807, 2.05) is 30.3 Å². The zero-order chi connectivity index (χ0) is 16.4. The summed E-state index contributed by atoms with van der Waals surface area (Å²) in [4.78, 5) is 14.7. The lowest BCUT2D eigenvalue weighted by Crippen LogP contribution is -2.27. The van der Waals surface area contributed by atoms with Crippen molar-refractivity contribution in [2.45, 2.75) is 17.4 Å². The van der Waals surface area contributed by atoms with Crippen LogP contribution in [0.15, 0.2) is 53.7 Å². The van der Waals surface area contributed by atoms with Gasteiger partial charge in [0.05, 0.1) is 5.56 Å². The van der Waals surface area contributed by atoms with Gasteiger partial charge in [0, 0.05) is 12.7 Å². The molecule has 1 saturated carbocycles.